The maximum Gasteiger partial charge on any atom is 0.302 e. The minimum absolute atomic E-state index is 0.0382. The van der Waals surface area contributed by atoms with Crippen molar-refractivity contribution in [3.05, 3.63) is 11.6 Å². The fourth-order valence-electron chi connectivity index (χ4n) is 15.8. The van der Waals surface area contributed by atoms with Crippen molar-refractivity contribution in [2.75, 3.05) is 35.0 Å². The van der Waals surface area contributed by atoms with Crippen LogP contribution in [-0.4, -0.2) is 252 Å². The number of ketones is 1. The summed E-state index contributed by atoms with van der Waals surface area (Å²) in [6.07, 6.45) is -17.1. The molecule has 3 saturated carbocycles. The van der Waals surface area contributed by atoms with Gasteiger partial charge in [-0.3, -0.25) is 9.59 Å². The van der Waals surface area contributed by atoms with Crippen LogP contribution in [0, 0.1) is 16.7 Å². The Morgan fingerprint density at radius 1 is 0.598 bits per heavy atom. The Hall–Kier alpha value is -2.00. The molecule has 82 heavy (non-hydrogen) atoms. The highest BCUT2D eigenvalue weighted by atomic mass is 16.8. The molecule has 0 amide bonds. The van der Waals surface area contributed by atoms with Gasteiger partial charge in [-0.15, -0.1) is 0 Å². The van der Waals surface area contributed by atoms with Crippen molar-refractivity contribution in [2.45, 2.75) is 284 Å². The molecule has 5 aliphatic heterocycles. The number of carbonyl (C=O) groups excluding carboxylic acids is 2. The van der Waals surface area contributed by atoms with Gasteiger partial charge >= 0.3 is 5.97 Å². The maximum absolute atomic E-state index is 13.1. The lowest BCUT2D eigenvalue weighted by Crippen LogP contribution is -2.78. The summed E-state index contributed by atoms with van der Waals surface area (Å²) >= 11 is 0. The van der Waals surface area contributed by atoms with Crippen LogP contribution in [0.4, 0.5) is 0 Å². The second kappa shape index (κ2) is 24.9. The molecule has 0 aromatic carbocycles. The third-order valence-corrected chi connectivity index (χ3v) is 20.6. The number of rotatable bonds is 17. The lowest BCUT2D eigenvalue weighted by Gasteiger charge is -2.67. The van der Waals surface area contributed by atoms with E-state index in [0.29, 0.717) is 32.1 Å². The quantitative estimate of drug-likeness (QED) is 0.0719. The lowest BCUT2D eigenvalue weighted by molar-refractivity contribution is -0.374. The molecule has 470 valence electrons. The van der Waals surface area contributed by atoms with Crippen molar-refractivity contribution in [1.82, 2.24) is 0 Å². The molecule has 25 nitrogen and oxygen atoms in total. The molecule has 0 unspecified atom stereocenters. The molecule has 0 spiro atoms. The second-order valence-electron chi connectivity index (χ2n) is 25.0. The Labute approximate surface area is 479 Å². The molecule has 8 N–H and O–H groups in total. The number of aliphatic hydroxyl groups excluding tert-OH is 5. The molecule has 9 rings (SSSR count). The number of fused-ring (bicyclic) bond motifs is 5. The molecule has 0 radical (unpaired) electrons. The van der Waals surface area contributed by atoms with E-state index in [1.165, 1.54) is 28.1 Å². The van der Waals surface area contributed by atoms with Gasteiger partial charge in [-0.05, 0) is 91.9 Å². The molecule has 8 fully saturated rings. The summed E-state index contributed by atoms with van der Waals surface area (Å²) in [6.45, 7) is 12.8. The zero-order chi connectivity index (χ0) is 59.8. The van der Waals surface area contributed by atoms with Gasteiger partial charge in [0.25, 0.3) is 0 Å². The number of carbonyl (C=O) groups is 2. The number of hydrogen-bond donors (Lipinski definition) is 8. The predicted octanol–water partition coefficient (Wildman–Crippen LogP) is 0.337. The van der Waals surface area contributed by atoms with E-state index in [1.54, 1.807) is 35.0 Å². The van der Waals surface area contributed by atoms with Crippen molar-refractivity contribution in [2.24, 2.45) is 16.7 Å². The largest absolute Gasteiger partial charge is 0.462 e. The summed E-state index contributed by atoms with van der Waals surface area (Å²) in [5, 5.41) is 89.8. The van der Waals surface area contributed by atoms with Gasteiger partial charge in [0.1, 0.15) is 83.9 Å². The topological polar surface area (TPSA) is 334 Å². The van der Waals surface area contributed by atoms with Crippen molar-refractivity contribution in [3.8, 4) is 0 Å². The minimum atomic E-state index is -2.01. The average molecular weight is 1180 g/mol. The smallest absolute Gasteiger partial charge is 0.302 e. The molecule has 25 heteroatoms. The van der Waals surface area contributed by atoms with Crippen LogP contribution in [0.25, 0.3) is 0 Å². The number of esters is 1. The average Bonchev–Trinajstić information content (AvgIpc) is 3.91. The Balaban J connectivity index is 0.774. The summed E-state index contributed by atoms with van der Waals surface area (Å²) in [7, 11) is 6.10. The highest BCUT2D eigenvalue weighted by Crippen LogP contribution is 2.71. The molecule has 5 saturated heterocycles. The number of Topliss-reactive ketones (excluding diaryl/α,β-unsaturated/α-hetero) is 1. The summed E-state index contributed by atoms with van der Waals surface area (Å²) in [5.41, 5.74) is -6.87. The van der Waals surface area contributed by atoms with Gasteiger partial charge in [0.2, 0.25) is 0 Å². The first kappa shape index (κ1) is 64.5. The second-order valence-corrected chi connectivity index (χ2v) is 25.0. The molecule has 30 atom stereocenters. The number of aliphatic hydroxyl groups is 8. The summed E-state index contributed by atoms with van der Waals surface area (Å²) in [6, 6.07) is 0. The first-order valence-electron chi connectivity index (χ1n) is 29.2. The Morgan fingerprint density at radius 3 is 1.62 bits per heavy atom. The zero-order valence-electron chi connectivity index (χ0n) is 49.3. The van der Waals surface area contributed by atoms with Crippen LogP contribution in [0.2, 0.25) is 0 Å². The summed E-state index contributed by atoms with van der Waals surface area (Å²) in [5.74, 6) is -1.70. The van der Waals surface area contributed by atoms with Gasteiger partial charge in [-0.2, -0.15) is 0 Å². The Morgan fingerprint density at radius 2 is 1.11 bits per heavy atom. The molecular formula is C57H92O25. The van der Waals surface area contributed by atoms with Crippen LogP contribution in [0.3, 0.4) is 0 Å². The standard InChI is InChI=1S/C57H92O25/c1-25-46(33(68-9)20-39(72-25)77-32-14-15-53(7)31(19-32)13-16-56(66)37(53)23-38(76-30(6)60)54(8)55(65,29(5)59)17-18-57(54,56)67)79-40-21-34(69-10)47(26(2)73-40)80-41-22-35(70-11)48(27(3)74-41)81-52-45(64)50(71-12)49(28(4)75-52)82-51-44(63)43(62)42(61)36(24-58)78-51/h13,25-28,32-52,58,61-67H,14-24H2,1-12H3/t25-,26-,27-,28-,32+,33+,34+,35-,36-,37-,38-,39+,40+,41+,42-,43+,44-,45-,46-,47-,48-,49-,50-,51+,52+,53+,54-,55-,56+,57-/m1/s1. The van der Waals surface area contributed by atoms with E-state index in [2.05, 4.69) is 6.92 Å². The molecule has 0 aromatic heterocycles. The number of ether oxygens (including phenoxy) is 15. The van der Waals surface area contributed by atoms with Gasteiger partial charge in [0.15, 0.2) is 37.2 Å². The molecule has 9 aliphatic rings. The highest BCUT2D eigenvalue weighted by molar-refractivity contribution is 5.87. The van der Waals surface area contributed by atoms with E-state index in [0.717, 1.165) is 5.57 Å². The third-order valence-electron chi connectivity index (χ3n) is 20.6. The monoisotopic (exact) mass is 1180 g/mol. The van der Waals surface area contributed by atoms with Crippen molar-refractivity contribution in [3.63, 3.8) is 0 Å². The minimum Gasteiger partial charge on any atom is -0.462 e. The Bertz CT molecular complexity index is 2240. The molecular weight excluding hydrogens is 1080 g/mol. The van der Waals surface area contributed by atoms with Crippen LogP contribution in [0.15, 0.2) is 11.6 Å². The van der Waals surface area contributed by atoms with Crippen LogP contribution >= 0.6 is 0 Å². The van der Waals surface area contributed by atoms with Crippen LogP contribution < -0.4 is 0 Å². The van der Waals surface area contributed by atoms with Crippen LogP contribution in [0.5, 0.6) is 0 Å². The van der Waals surface area contributed by atoms with E-state index in [1.807, 2.05) is 19.9 Å². The number of methoxy groups -OCH3 is 4. The number of hydrogen-bond acceptors (Lipinski definition) is 25. The fraction of sp³-hybridized carbons (Fsp3) is 0.930. The molecule has 4 aliphatic carbocycles. The first-order valence-corrected chi connectivity index (χ1v) is 29.2. The van der Waals surface area contributed by atoms with Crippen molar-refractivity contribution >= 4 is 11.8 Å². The highest BCUT2D eigenvalue weighted by Gasteiger charge is 2.81. The van der Waals surface area contributed by atoms with E-state index >= 15 is 0 Å². The summed E-state index contributed by atoms with van der Waals surface area (Å²) in [4.78, 5) is 25.7. The van der Waals surface area contributed by atoms with E-state index in [9.17, 15) is 50.4 Å². The van der Waals surface area contributed by atoms with E-state index < -0.39 is 193 Å². The summed E-state index contributed by atoms with van der Waals surface area (Å²) < 4.78 is 93.0. The van der Waals surface area contributed by atoms with Gasteiger partial charge < -0.3 is 112 Å². The van der Waals surface area contributed by atoms with E-state index in [4.69, 9.17) is 71.1 Å². The molecule has 5 heterocycles. The van der Waals surface area contributed by atoms with Crippen molar-refractivity contribution in [1.29, 1.82) is 0 Å². The normalized spacial score (nSPS) is 52.4. The predicted molar refractivity (Wildman–Crippen MR) is 280 cm³/mol. The van der Waals surface area contributed by atoms with E-state index in [-0.39, 0.29) is 38.2 Å². The molecule has 0 bridgehead atoms. The first-order chi connectivity index (χ1) is 38.7. The van der Waals surface area contributed by atoms with Crippen LogP contribution in [-0.2, 0) is 80.6 Å². The van der Waals surface area contributed by atoms with Crippen molar-refractivity contribution < 1.29 is 121 Å². The third kappa shape index (κ3) is 11.1. The van der Waals surface area contributed by atoms with Gasteiger partial charge in [-0.25, -0.2) is 0 Å². The van der Waals surface area contributed by atoms with Crippen LogP contribution in [0.1, 0.15) is 120 Å². The lowest BCUT2D eigenvalue weighted by atomic mass is 9.42. The van der Waals surface area contributed by atoms with Gasteiger partial charge in [0.05, 0.1) is 60.9 Å². The van der Waals surface area contributed by atoms with Gasteiger partial charge in [0, 0.05) is 60.5 Å². The maximum atomic E-state index is 13.1. The SMILES string of the molecule is CO[C@@H]1[C@@H](O)[C@H](O[C@@H]2[C@@H](C)O[C@@H](O[C@H]3[C@@H](OC)C[C@H](O[C@H]4[C@@H](OC)C[C@H](O[C@H]5CC[C@@]6(C)C(=CC[C@]7(O)[C@@H]6C[C@@H](OC(C)=O)[C@@]6(C)[C@]7(O)CC[C@@]6(O)C(C)=O)C5)O[C@@H]4C)O[C@@H]3C)C[C@H]2OC)O[C@H](C)[C@H]1O[C@@H]1O[C@H](CO)[C@@H](O)[C@H](O)[C@H]1O. The zero-order valence-corrected chi connectivity index (χ0v) is 49.3. The van der Waals surface area contributed by atoms with Gasteiger partial charge in [-0.1, -0.05) is 18.6 Å². The fourth-order valence-corrected chi connectivity index (χ4v) is 15.8. The Kier molecular flexibility index (Phi) is 19.6. The molecule has 0 aromatic rings.